The number of nitrogens with zero attached hydrogens (tertiary/aromatic N) is 2. The number of aromatic nitrogens is 1. The van der Waals surface area contributed by atoms with E-state index in [9.17, 15) is 13.2 Å². The Morgan fingerprint density at radius 1 is 1.13 bits per heavy atom. The average molecular weight is 501 g/mol. The highest BCUT2D eigenvalue weighted by Crippen LogP contribution is 2.37. The predicted molar refractivity (Wildman–Crippen MR) is 124 cm³/mol. The van der Waals surface area contributed by atoms with E-state index in [1.165, 1.54) is 0 Å². The lowest BCUT2D eigenvalue weighted by molar-refractivity contribution is 0.0981. The van der Waals surface area contributed by atoms with E-state index in [4.69, 9.17) is 0 Å². The molecule has 1 aromatic rings. The van der Waals surface area contributed by atoms with Crippen molar-refractivity contribution >= 4 is 37.7 Å². The molecular formula is C22H34BrN3O3S. The van der Waals surface area contributed by atoms with Crippen molar-refractivity contribution in [1.82, 2.24) is 9.71 Å². The summed E-state index contributed by atoms with van der Waals surface area (Å²) >= 11 is 3.40. The number of pyridine rings is 1. The Morgan fingerprint density at radius 2 is 1.73 bits per heavy atom. The quantitative estimate of drug-likeness (QED) is 0.587. The molecule has 0 radical (unpaired) electrons. The Hall–Kier alpha value is -1.15. The van der Waals surface area contributed by atoms with Crippen LogP contribution in [0, 0.1) is 5.92 Å². The Balaban J connectivity index is 1.84. The van der Waals surface area contributed by atoms with E-state index in [1.807, 2.05) is 0 Å². The van der Waals surface area contributed by atoms with Crippen molar-refractivity contribution in [3.8, 4) is 0 Å². The lowest BCUT2D eigenvalue weighted by Crippen LogP contribution is -2.42. The number of carbonyl (C=O) groups excluding carboxylic acids is 1. The maximum atomic E-state index is 13.1. The molecule has 0 spiro atoms. The predicted octanol–water partition coefficient (Wildman–Crippen LogP) is 5.03. The summed E-state index contributed by atoms with van der Waals surface area (Å²) in [5.74, 6) is 0.431. The minimum absolute atomic E-state index is 0.154. The van der Waals surface area contributed by atoms with Gasteiger partial charge in [0.2, 0.25) is 10.0 Å². The van der Waals surface area contributed by atoms with Crippen molar-refractivity contribution in [1.29, 1.82) is 0 Å². The number of carbonyl (C=O) groups is 1. The SMILES string of the molecule is C[C@@H]1CN(c2nc(Br)ccc2C(=O)NS(=O)(=O)C2CCCCCCCC2)C(C)(C)C1. The van der Waals surface area contributed by atoms with Gasteiger partial charge in [-0.1, -0.05) is 45.4 Å². The van der Waals surface area contributed by atoms with Gasteiger partial charge in [-0.05, 0) is 67.1 Å². The van der Waals surface area contributed by atoms with E-state index in [0.717, 1.165) is 51.5 Å². The fraction of sp³-hybridized carbons (Fsp3) is 0.727. The first-order chi connectivity index (χ1) is 14.1. The maximum Gasteiger partial charge on any atom is 0.268 e. The summed E-state index contributed by atoms with van der Waals surface area (Å²) in [6.45, 7) is 7.23. The number of hydrogen-bond acceptors (Lipinski definition) is 5. The van der Waals surface area contributed by atoms with Crippen LogP contribution in [-0.4, -0.2) is 36.6 Å². The molecule has 1 N–H and O–H groups in total. The summed E-state index contributed by atoms with van der Waals surface area (Å²) < 4.78 is 29.1. The van der Waals surface area contributed by atoms with Gasteiger partial charge in [0.05, 0.1) is 10.8 Å². The minimum Gasteiger partial charge on any atom is -0.351 e. The molecule has 168 valence electrons. The molecule has 1 atom stereocenters. The van der Waals surface area contributed by atoms with Gasteiger partial charge in [-0.3, -0.25) is 4.79 Å². The number of sulfonamides is 1. The van der Waals surface area contributed by atoms with Crippen LogP contribution in [0.3, 0.4) is 0 Å². The first kappa shape index (κ1) is 23.5. The van der Waals surface area contributed by atoms with Crippen molar-refractivity contribution in [2.75, 3.05) is 11.4 Å². The van der Waals surface area contributed by atoms with E-state index in [2.05, 4.69) is 51.3 Å². The van der Waals surface area contributed by atoms with Crippen molar-refractivity contribution in [2.24, 2.45) is 5.92 Å². The van der Waals surface area contributed by atoms with Gasteiger partial charge < -0.3 is 4.90 Å². The third-order valence-electron chi connectivity index (χ3n) is 6.39. The van der Waals surface area contributed by atoms with Crippen LogP contribution in [0.5, 0.6) is 0 Å². The molecule has 0 aromatic carbocycles. The molecule has 0 unspecified atom stereocenters. The summed E-state index contributed by atoms with van der Waals surface area (Å²) in [6, 6.07) is 3.36. The van der Waals surface area contributed by atoms with Gasteiger partial charge >= 0.3 is 0 Å². The standard InChI is InChI=1S/C22H34BrN3O3S/c1-16-14-22(2,3)26(15-16)20-18(12-13-19(23)24-20)21(27)25-30(28,29)17-10-8-6-4-5-7-9-11-17/h12-13,16-17H,4-11,14-15H2,1-3H3,(H,25,27)/t16-/m0/s1. The number of halogens is 1. The smallest absolute Gasteiger partial charge is 0.268 e. The van der Waals surface area contributed by atoms with Gasteiger partial charge in [0.1, 0.15) is 10.4 Å². The zero-order valence-corrected chi connectivity index (χ0v) is 20.7. The zero-order chi connectivity index (χ0) is 21.9. The summed E-state index contributed by atoms with van der Waals surface area (Å²) in [7, 11) is -3.73. The highest BCUT2D eigenvalue weighted by Gasteiger charge is 2.39. The van der Waals surface area contributed by atoms with E-state index in [0.29, 0.717) is 34.7 Å². The molecular weight excluding hydrogens is 466 g/mol. The maximum absolute atomic E-state index is 13.1. The lowest BCUT2D eigenvalue weighted by atomic mass is 9.97. The fourth-order valence-corrected chi connectivity index (χ4v) is 6.73. The monoisotopic (exact) mass is 499 g/mol. The fourth-order valence-electron chi connectivity index (χ4n) is 4.94. The van der Waals surface area contributed by atoms with Gasteiger partial charge in [-0.15, -0.1) is 0 Å². The van der Waals surface area contributed by atoms with E-state index in [1.54, 1.807) is 12.1 Å². The number of rotatable bonds is 4. The molecule has 8 heteroatoms. The second-order valence-electron chi connectivity index (χ2n) is 9.53. The number of nitrogens with one attached hydrogen (secondary N) is 1. The molecule has 2 heterocycles. The van der Waals surface area contributed by atoms with Crippen molar-refractivity contribution < 1.29 is 13.2 Å². The highest BCUT2D eigenvalue weighted by atomic mass is 79.9. The van der Waals surface area contributed by atoms with E-state index >= 15 is 0 Å². The van der Waals surface area contributed by atoms with Gasteiger partial charge in [0, 0.05) is 12.1 Å². The van der Waals surface area contributed by atoms with Gasteiger partial charge in [0.15, 0.2) is 0 Å². The summed E-state index contributed by atoms with van der Waals surface area (Å²) in [5.41, 5.74) is 0.158. The summed E-state index contributed by atoms with van der Waals surface area (Å²) in [4.78, 5) is 19.8. The molecule has 1 aliphatic carbocycles. The Bertz CT molecular complexity index is 862. The highest BCUT2D eigenvalue weighted by molar-refractivity contribution is 9.10. The molecule has 6 nitrogen and oxygen atoms in total. The second-order valence-corrected chi connectivity index (χ2v) is 12.3. The third kappa shape index (κ3) is 5.55. The van der Waals surface area contributed by atoms with Gasteiger partial charge in [-0.2, -0.15) is 0 Å². The van der Waals surface area contributed by atoms with Crippen LogP contribution in [0.25, 0.3) is 0 Å². The van der Waals surface area contributed by atoms with Crippen molar-refractivity contribution in [3.05, 3.63) is 22.3 Å². The summed E-state index contributed by atoms with van der Waals surface area (Å²) in [6.07, 6.45) is 8.45. The molecule has 0 bridgehead atoms. The Kier molecular flexibility index (Phi) is 7.49. The molecule has 1 aliphatic heterocycles. The van der Waals surface area contributed by atoms with Crippen LogP contribution < -0.4 is 9.62 Å². The minimum atomic E-state index is -3.73. The Labute approximate surface area is 189 Å². The molecule has 1 saturated heterocycles. The van der Waals surface area contributed by atoms with Crippen LogP contribution in [0.2, 0.25) is 0 Å². The van der Waals surface area contributed by atoms with Gasteiger partial charge in [-0.25, -0.2) is 18.1 Å². The van der Waals surface area contributed by atoms with Crippen LogP contribution in [0.4, 0.5) is 5.82 Å². The molecule has 1 amide bonds. The number of amides is 1. The molecule has 30 heavy (non-hydrogen) atoms. The largest absolute Gasteiger partial charge is 0.351 e. The van der Waals surface area contributed by atoms with Crippen LogP contribution in [-0.2, 0) is 10.0 Å². The second kappa shape index (κ2) is 9.55. The number of hydrogen-bond donors (Lipinski definition) is 1. The number of anilines is 1. The van der Waals surface area contributed by atoms with Crippen LogP contribution in [0.1, 0.15) is 88.9 Å². The molecule has 2 aliphatic rings. The van der Waals surface area contributed by atoms with Crippen LogP contribution in [0.15, 0.2) is 16.7 Å². The molecule has 2 fully saturated rings. The molecule has 3 rings (SSSR count). The topological polar surface area (TPSA) is 79.4 Å². The van der Waals surface area contributed by atoms with Crippen molar-refractivity contribution in [3.63, 3.8) is 0 Å². The first-order valence-corrected chi connectivity index (χ1v) is 13.4. The average Bonchev–Trinajstić information content (AvgIpc) is 3.00. The van der Waals surface area contributed by atoms with Crippen molar-refractivity contribution in [2.45, 2.75) is 89.3 Å². The lowest BCUT2D eigenvalue weighted by Gasteiger charge is -2.33. The van der Waals surface area contributed by atoms with Crippen LogP contribution >= 0.6 is 15.9 Å². The Morgan fingerprint density at radius 3 is 2.30 bits per heavy atom. The molecule has 1 aromatic heterocycles. The van der Waals surface area contributed by atoms with E-state index in [-0.39, 0.29) is 5.54 Å². The van der Waals surface area contributed by atoms with E-state index < -0.39 is 21.2 Å². The first-order valence-electron chi connectivity index (χ1n) is 11.1. The van der Waals surface area contributed by atoms with Gasteiger partial charge in [0.25, 0.3) is 5.91 Å². The molecule has 1 saturated carbocycles. The zero-order valence-electron chi connectivity index (χ0n) is 18.3. The normalized spacial score (nSPS) is 23.5. The third-order valence-corrected chi connectivity index (χ3v) is 8.65. The summed E-state index contributed by atoms with van der Waals surface area (Å²) in [5, 5.41) is -0.505.